The molecule has 0 saturated heterocycles. The van der Waals surface area contributed by atoms with Gasteiger partial charge < -0.3 is 5.11 Å². The van der Waals surface area contributed by atoms with Crippen molar-refractivity contribution in [3.8, 4) is 0 Å². The number of alkyl halides is 3. The molecule has 42 valence electrons. The van der Waals surface area contributed by atoms with Crippen LogP contribution in [0.5, 0.6) is 0 Å². The highest BCUT2D eigenvalue weighted by molar-refractivity contribution is 5.73. The molecule has 0 aromatic carbocycles. The van der Waals surface area contributed by atoms with Gasteiger partial charge in [0.25, 0.3) is 1.43 Å². The minimum atomic E-state index is -5.04. The summed E-state index contributed by atoms with van der Waals surface area (Å²) in [6.45, 7) is 0. The quantitative estimate of drug-likeness (QED) is 0.504. The van der Waals surface area contributed by atoms with Crippen LogP contribution in [0.1, 0.15) is 0 Å². The first-order valence-corrected chi connectivity index (χ1v) is 1.23. The van der Waals surface area contributed by atoms with Crippen molar-refractivity contribution in [2.75, 3.05) is 0 Å². The van der Waals surface area contributed by atoms with Crippen LogP contribution >= 0.6 is 0 Å². The fourth-order valence-corrected chi connectivity index (χ4v) is 0. The van der Waals surface area contributed by atoms with Crippen molar-refractivity contribution < 1.29 is 23.1 Å². The van der Waals surface area contributed by atoms with Gasteiger partial charge in [-0.3, -0.25) is 0 Å². The monoisotopic (exact) mass is 116 g/mol. The van der Waals surface area contributed by atoms with Crippen LogP contribution in [-0.2, 0) is 4.79 Å². The molecule has 0 radical (unpaired) electrons. The summed E-state index contributed by atoms with van der Waals surface area (Å²) >= 11 is 0. The number of aliphatic carboxylic acids is 1. The van der Waals surface area contributed by atoms with E-state index < -0.39 is 12.1 Å². The van der Waals surface area contributed by atoms with Crippen LogP contribution in [0.15, 0.2) is 0 Å². The van der Waals surface area contributed by atoms with Crippen LogP contribution in [-0.4, -0.2) is 17.3 Å². The minimum Gasteiger partial charge on any atom is -0.475 e. The standard InChI is InChI=1S/C2HF3O2/c3-2(4,5)1(6)7/h(H,6,7)/i/hT. The molecule has 0 aliphatic heterocycles. The topological polar surface area (TPSA) is 37.3 Å². The van der Waals surface area contributed by atoms with Crippen molar-refractivity contribution in [2.24, 2.45) is 0 Å². The maximum atomic E-state index is 10.9. The molecule has 0 unspecified atom stereocenters. The maximum absolute atomic E-state index is 10.9. The van der Waals surface area contributed by atoms with Gasteiger partial charge in [0.15, 0.2) is 0 Å². The molecule has 0 aliphatic carbocycles. The molecular formula is C2HF3O2. The molecule has 0 fully saturated rings. The smallest absolute Gasteiger partial charge is 0.475 e. The molecule has 0 aromatic heterocycles. The lowest BCUT2D eigenvalue weighted by Crippen LogP contribution is -2.21. The van der Waals surface area contributed by atoms with Gasteiger partial charge in [0, 0.05) is 0 Å². The number of carboxylic acids is 1. The summed E-state index contributed by atoms with van der Waals surface area (Å²) in [6.07, 6.45) is -5.04. The van der Waals surface area contributed by atoms with Gasteiger partial charge in [-0.05, 0) is 0 Å². The molecule has 0 saturated carbocycles. The van der Waals surface area contributed by atoms with Crippen LogP contribution in [0.25, 0.3) is 1.43 Å². The lowest BCUT2D eigenvalue weighted by Gasteiger charge is -1.93. The summed E-state index contributed by atoms with van der Waals surface area (Å²) in [4.78, 5) is 9.30. The van der Waals surface area contributed by atoms with E-state index in [-0.39, 0.29) is 0 Å². The number of rotatable bonds is 0. The van der Waals surface area contributed by atoms with Crippen LogP contribution in [0.4, 0.5) is 13.2 Å². The molecule has 1 N–H and O–H groups in total. The van der Waals surface area contributed by atoms with Gasteiger partial charge in [-0.25, -0.2) is 4.79 Å². The fourth-order valence-electron chi connectivity index (χ4n) is 0. The van der Waals surface area contributed by atoms with Gasteiger partial charge in [-0.1, -0.05) is 0 Å². The van der Waals surface area contributed by atoms with Crippen LogP contribution in [0.3, 0.4) is 0 Å². The molecule has 0 spiro atoms. The molecule has 0 atom stereocenters. The van der Waals surface area contributed by atoms with E-state index >= 15 is 0 Å². The molecule has 0 aromatic rings. The highest BCUT2D eigenvalue weighted by atomic mass is 19.4. The Hall–Kier alpha value is -0.740. The van der Waals surface area contributed by atoms with E-state index in [1.807, 2.05) is 0 Å². The summed E-state index contributed by atoms with van der Waals surface area (Å²) in [5, 5.41) is 2.60. The van der Waals surface area contributed by atoms with Gasteiger partial charge in [-0.15, -0.1) is 0 Å². The summed E-state index contributed by atoms with van der Waals surface area (Å²) in [5.74, 6) is -2.50. The maximum Gasteiger partial charge on any atom is 0.490 e. The predicted octanol–water partition coefficient (Wildman–Crippen LogP) is 0.633. The Morgan fingerprint density at radius 1 is 1.71 bits per heavy atom. The molecule has 0 heterocycles. The molecule has 0 aliphatic rings. The number of carboxylic acid groups (broad SMARTS) is 1. The van der Waals surface area contributed by atoms with E-state index in [2.05, 4.69) is 5.11 Å². The van der Waals surface area contributed by atoms with Crippen molar-refractivity contribution in [3.63, 3.8) is 0 Å². The van der Waals surface area contributed by atoms with Crippen molar-refractivity contribution in [2.45, 2.75) is 6.18 Å². The number of carbonyl (C=O) groups is 1. The zero-order valence-corrected chi connectivity index (χ0v) is 2.95. The van der Waals surface area contributed by atoms with E-state index in [4.69, 9.17) is 1.43 Å². The largest absolute Gasteiger partial charge is 0.490 e. The Labute approximate surface area is 38.0 Å². The molecule has 0 bridgehead atoms. The highest BCUT2D eigenvalue weighted by Crippen LogP contribution is 2.13. The van der Waals surface area contributed by atoms with E-state index in [0.29, 0.717) is 0 Å². The lowest BCUT2D eigenvalue weighted by atomic mass is 10.7. The number of hydrogen-bond donors (Lipinski definition) is 1. The highest BCUT2D eigenvalue weighted by Gasteiger charge is 2.38. The summed E-state index contributed by atoms with van der Waals surface area (Å²) in [7, 11) is 0. The molecule has 2 nitrogen and oxygen atoms in total. The van der Waals surface area contributed by atoms with Gasteiger partial charge in [0.05, 0.1) is 0 Å². The third kappa shape index (κ3) is 2.02. The van der Waals surface area contributed by atoms with Gasteiger partial charge >= 0.3 is 12.1 Å². The Morgan fingerprint density at radius 2 is 2.14 bits per heavy atom. The molecule has 5 heteroatoms. The molecule has 7 heavy (non-hydrogen) atoms. The molecule has 0 rings (SSSR count). The molecule has 0 amide bonds. The van der Waals surface area contributed by atoms with Crippen LogP contribution in [0.2, 0.25) is 0 Å². The van der Waals surface area contributed by atoms with Crippen molar-refractivity contribution in [1.29, 1.82) is 1.43 Å². The Kier molecular flexibility index (Phi) is 0.883. The minimum absolute atomic E-state index is 2.50. The average Bonchev–Trinajstić information content (AvgIpc) is 1.62. The second kappa shape index (κ2) is 1.40. The predicted molar refractivity (Wildman–Crippen MR) is 13.7 cm³/mol. The number of halogens is 3. The zero-order valence-electron chi connectivity index (χ0n) is 3.95. The van der Waals surface area contributed by atoms with E-state index in [0.717, 1.165) is 0 Å². The molecular weight excluding hydrogens is 113 g/mol. The average molecular weight is 116 g/mol. The first-order chi connectivity index (χ1) is 3.48. The van der Waals surface area contributed by atoms with Crippen molar-refractivity contribution in [3.05, 3.63) is 0 Å². The zero-order chi connectivity index (χ0) is 6.78. The van der Waals surface area contributed by atoms with Gasteiger partial charge in [-0.2, -0.15) is 13.2 Å². The van der Waals surface area contributed by atoms with E-state index in [1.54, 1.807) is 0 Å². The van der Waals surface area contributed by atoms with E-state index in [1.165, 1.54) is 0 Å². The fraction of sp³-hybridized carbons (Fsp3) is 0.500. The Bertz CT molecular complexity index is 97.9. The third-order valence-corrected chi connectivity index (χ3v) is 0.231. The lowest BCUT2D eigenvalue weighted by molar-refractivity contribution is -0.192. The summed E-state index contributed by atoms with van der Waals surface area (Å²) in [6, 6.07) is 0. The van der Waals surface area contributed by atoms with Crippen molar-refractivity contribution in [1.82, 2.24) is 0 Å². The van der Waals surface area contributed by atoms with Crippen molar-refractivity contribution >= 4 is 5.97 Å². The second-order valence-electron chi connectivity index (χ2n) is 0.785. The van der Waals surface area contributed by atoms with Crippen LogP contribution < -0.4 is 0 Å². The van der Waals surface area contributed by atoms with Gasteiger partial charge in [0.1, 0.15) is 0 Å². The van der Waals surface area contributed by atoms with Crippen LogP contribution in [0, 0.1) is 0 Å². The SMILES string of the molecule is [3H]OC(=O)C(F)(F)F. The Balaban J connectivity index is 3.82. The third-order valence-electron chi connectivity index (χ3n) is 0.231. The summed E-state index contributed by atoms with van der Waals surface area (Å²) < 4.78 is 38.1. The van der Waals surface area contributed by atoms with E-state index in [9.17, 15) is 18.0 Å². The summed E-state index contributed by atoms with van der Waals surface area (Å²) in [5.41, 5.74) is 0. The Morgan fingerprint density at radius 3 is 2.14 bits per heavy atom. The normalized spacial score (nSPS) is 12.7. The second-order valence-corrected chi connectivity index (χ2v) is 0.785. The first kappa shape index (κ1) is 4.42. The first-order valence-electron chi connectivity index (χ1n) is 1.63. The van der Waals surface area contributed by atoms with Gasteiger partial charge in [0.2, 0.25) is 0 Å². The number of hydrogen-bond acceptors (Lipinski definition) is 2.